The van der Waals surface area contributed by atoms with E-state index in [1.54, 1.807) is 6.92 Å². The Kier molecular flexibility index (Phi) is 3.31. The van der Waals surface area contributed by atoms with Gasteiger partial charge in [0.1, 0.15) is 22.9 Å². The summed E-state index contributed by atoms with van der Waals surface area (Å²) < 4.78 is 24.0. The Hall–Kier alpha value is -2.47. The Morgan fingerprint density at radius 3 is 2.81 bits per heavy atom. The maximum absolute atomic E-state index is 13.3. The summed E-state index contributed by atoms with van der Waals surface area (Å²) in [5, 5.41) is 11.1. The molecule has 0 bridgehead atoms. The van der Waals surface area contributed by atoms with Crippen LogP contribution >= 0.6 is 0 Å². The summed E-state index contributed by atoms with van der Waals surface area (Å²) in [6.07, 6.45) is 1.79. The molecule has 0 amide bonds. The number of ether oxygens (including phenoxy) is 1. The highest BCUT2D eigenvalue weighted by Crippen LogP contribution is 2.34. The molecule has 5 nitrogen and oxygen atoms in total. The molecular weight excluding hydrogens is 275 g/mol. The molecule has 0 saturated carbocycles. The van der Waals surface area contributed by atoms with Crippen LogP contribution < -0.4 is 4.74 Å². The number of aliphatic hydroxyl groups excluding tert-OH is 1. The number of benzene rings is 1. The smallest absolute Gasteiger partial charge is 0.238 e. The van der Waals surface area contributed by atoms with Crippen molar-refractivity contribution in [2.75, 3.05) is 7.11 Å². The van der Waals surface area contributed by atoms with E-state index in [4.69, 9.17) is 9.15 Å². The number of methoxy groups -OCH3 is 1. The van der Waals surface area contributed by atoms with Crippen LogP contribution in [0.15, 0.2) is 35.0 Å². The van der Waals surface area contributed by atoms with Crippen molar-refractivity contribution in [3.63, 3.8) is 0 Å². The standard InChI is InChI=1S/C15H13FN2O3/c1-8-10-7-9(16)3-4-11(10)21-14(8)13(19)12-15(20-2)18-6-5-17-12/h3-7,13,19H,1-2H3. The summed E-state index contributed by atoms with van der Waals surface area (Å²) in [5.41, 5.74) is 1.41. The second kappa shape index (κ2) is 5.14. The van der Waals surface area contributed by atoms with Crippen molar-refractivity contribution in [1.82, 2.24) is 9.97 Å². The van der Waals surface area contributed by atoms with Gasteiger partial charge in [-0.2, -0.15) is 0 Å². The van der Waals surface area contributed by atoms with Crippen LogP contribution in [0.1, 0.15) is 23.1 Å². The summed E-state index contributed by atoms with van der Waals surface area (Å²) in [5.74, 6) is 0.162. The molecule has 2 aromatic heterocycles. The molecule has 1 N–H and O–H groups in total. The SMILES string of the molecule is COc1nccnc1C(O)c1oc2ccc(F)cc2c1C. The largest absolute Gasteiger partial charge is 0.480 e. The first-order valence-electron chi connectivity index (χ1n) is 6.33. The molecule has 0 aliphatic heterocycles. The Bertz CT molecular complexity index is 801. The molecule has 1 atom stereocenters. The normalized spacial score (nSPS) is 12.6. The summed E-state index contributed by atoms with van der Waals surface area (Å²) in [4.78, 5) is 8.08. The fraction of sp³-hybridized carbons (Fsp3) is 0.200. The van der Waals surface area contributed by atoms with Gasteiger partial charge in [0.15, 0.2) is 6.10 Å². The first-order valence-corrected chi connectivity index (χ1v) is 6.33. The van der Waals surface area contributed by atoms with Gasteiger partial charge < -0.3 is 14.3 Å². The van der Waals surface area contributed by atoms with Crippen molar-refractivity contribution in [2.24, 2.45) is 0 Å². The van der Waals surface area contributed by atoms with Crippen LogP contribution in [0, 0.1) is 12.7 Å². The molecule has 0 saturated heterocycles. The zero-order chi connectivity index (χ0) is 15.0. The van der Waals surface area contributed by atoms with Crippen molar-refractivity contribution in [2.45, 2.75) is 13.0 Å². The van der Waals surface area contributed by atoms with Gasteiger partial charge in [-0.3, -0.25) is 4.98 Å². The summed E-state index contributed by atoms with van der Waals surface area (Å²) in [7, 11) is 1.45. The molecule has 0 fully saturated rings. The number of aliphatic hydroxyl groups is 1. The van der Waals surface area contributed by atoms with E-state index in [1.165, 1.54) is 37.7 Å². The van der Waals surface area contributed by atoms with E-state index in [-0.39, 0.29) is 17.4 Å². The van der Waals surface area contributed by atoms with Gasteiger partial charge >= 0.3 is 0 Å². The van der Waals surface area contributed by atoms with E-state index in [0.29, 0.717) is 22.3 Å². The average molecular weight is 288 g/mol. The fourth-order valence-corrected chi connectivity index (χ4v) is 2.28. The van der Waals surface area contributed by atoms with E-state index in [9.17, 15) is 9.50 Å². The van der Waals surface area contributed by atoms with E-state index >= 15 is 0 Å². The predicted octanol–water partition coefficient (Wildman–Crippen LogP) is 2.76. The molecular formula is C15H13FN2O3. The average Bonchev–Trinajstić information content (AvgIpc) is 2.83. The fourth-order valence-electron chi connectivity index (χ4n) is 2.28. The van der Waals surface area contributed by atoms with Crippen LogP contribution in [-0.2, 0) is 0 Å². The molecule has 0 radical (unpaired) electrons. The number of hydrogen-bond acceptors (Lipinski definition) is 5. The van der Waals surface area contributed by atoms with Crippen molar-refractivity contribution in [3.8, 4) is 5.88 Å². The molecule has 1 aromatic carbocycles. The van der Waals surface area contributed by atoms with Crippen LogP contribution in [0.4, 0.5) is 4.39 Å². The van der Waals surface area contributed by atoms with Crippen LogP contribution in [0.25, 0.3) is 11.0 Å². The van der Waals surface area contributed by atoms with Crippen molar-refractivity contribution in [3.05, 3.63) is 53.4 Å². The zero-order valence-electron chi connectivity index (χ0n) is 11.5. The third-order valence-electron chi connectivity index (χ3n) is 3.33. The van der Waals surface area contributed by atoms with E-state index in [1.807, 2.05) is 0 Å². The van der Waals surface area contributed by atoms with E-state index in [2.05, 4.69) is 9.97 Å². The Balaban J connectivity index is 2.13. The van der Waals surface area contributed by atoms with Gasteiger partial charge in [0, 0.05) is 23.3 Å². The highest BCUT2D eigenvalue weighted by molar-refractivity contribution is 5.82. The topological polar surface area (TPSA) is 68.4 Å². The second-order valence-corrected chi connectivity index (χ2v) is 4.59. The lowest BCUT2D eigenvalue weighted by atomic mass is 10.1. The molecule has 21 heavy (non-hydrogen) atoms. The maximum atomic E-state index is 13.3. The lowest BCUT2D eigenvalue weighted by molar-refractivity contribution is 0.180. The number of halogens is 1. The maximum Gasteiger partial charge on any atom is 0.238 e. The Morgan fingerprint density at radius 1 is 1.29 bits per heavy atom. The minimum Gasteiger partial charge on any atom is -0.480 e. The second-order valence-electron chi connectivity index (χ2n) is 4.59. The Labute approximate surface area is 120 Å². The molecule has 0 spiro atoms. The molecule has 3 aromatic rings. The lowest BCUT2D eigenvalue weighted by Crippen LogP contribution is -2.06. The Morgan fingerprint density at radius 2 is 2.05 bits per heavy atom. The molecule has 108 valence electrons. The predicted molar refractivity (Wildman–Crippen MR) is 73.6 cm³/mol. The first-order chi connectivity index (χ1) is 10.1. The molecule has 0 aliphatic carbocycles. The third-order valence-corrected chi connectivity index (χ3v) is 3.33. The van der Waals surface area contributed by atoms with Gasteiger partial charge in [-0.1, -0.05) is 0 Å². The van der Waals surface area contributed by atoms with E-state index in [0.717, 1.165) is 0 Å². The summed E-state index contributed by atoms with van der Waals surface area (Å²) >= 11 is 0. The quantitative estimate of drug-likeness (QED) is 0.802. The van der Waals surface area contributed by atoms with E-state index < -0.39 is 6.10 Å². The number of furan rings is 1. The number of rotatable bonds is 3. The third kappa shape index (κ3) is 2.23. The number of hydrogen-bond donors (Lipinski definition) is 1. The summed E-state index contributed by atoms with van der Waals surface area (Å²) in [6.45, 7) is 1.76. The van der Waals surface area contributed by atoms with Crippen molar-refractivity contribution in [1.29, 1.82) is 0 Å². The highest BCUT2D eigenvalue weighted by atomic mass is 19.1. The van der Waals surface area contributed by atoms with Gasteiger partial charge in [-0.15, -0.1) is 0 Å². The molecule has 2 heterocycles. The number of nitrogens with zero attached hydrogens (tertiary/aromatic N) is 2. The van der Waals surface area contributed by atoms with Gasteiger partial charge in [0.25, 0.3) is 0 Å². The van der Waals surface area contributed by atoms with Crippen molar-refractivity contribution < 1.29 is 18.7 Å². The molecule has 3 rings (SSSR count). The number of fused-ring (bicyclic) bond motifs is 1. The van der Waals surface area contributed by atoms with Crippen LogP contribution in [0.5, 0.6) is 5.88 Å². The van der Waals surface area contributed by atoms with Gasteiger partial charge in [0.05, 0.1) is 7.11 Å². The van der Waals surface area contributed by atoms with Gasteiger partial charge in [-0.05, 0) is 25.1 Å². The minimum atomic E-state index is -1.14. The van der Waals surface area contributed by atoms with Gasteiger partial charge in [0.2, 0.25) is 5.88 Å². The summed E-state index contributed by atoms with van der Waals surface area (Å²) in [6, 6.07) is 4.21. The van der Waals surface area contributed by atoms with Crippen LogP contribution in [-0.4, -0.2) is 22.2 Å². The zero-order valence-corrected chi connectivity index (χ0v) is 11.5. The monoisotopic (exact) mass is 288 g/mol. The van der Waals surface area contributed by atoms with Crippen molar-refractivity contribution >= 4 is 11.0 Å². The molecule has 1 unspecified atom stereocenters. The van der Waals surface area contributed by atoms with Crippen LogP contribution in [0.3, 0.4) is 0 Å². The number of aromatic nitrogens is 2. The lowest BCUT2D eigenvalue weighted by Gasteiger charge is -2.11. The number of aryl methyl sites for hydroxylation is 1. The first kappa shape index (κ1) is 13.5. The van der Waals surface area contributed by atoms with Crippen LogP contribution in [0.2, 0.25) is 0 Å². The molecule has 0 aliphatic rings. The van der Waals surface area contributed by atoms with Gasteiger partial charge in [-0.25, -0.2) is 9.37 Å². The molecule has 6 heteroatoms. The minimum absolute atomic E-state index is 0.219. The highest BCUT2D eigenvalue weighted by Gasteiger charge is 2.24.